The molecular weight excluding hydrogens is 228 g/mol. The van der Waals surface area contributed by atoms with Crippen molar-refractivity contribution in [3.8, 4) is 11.6 Å². The van der Waals surface area contributed by atoms with Crippen LogP contribution in [0.25, 0.3) is 0 Å². The zero-order valence-corrected chi connectivity index (χ0v) is 10.6. The van der Waals surface area contributed by atoms with Gasteiger partial charge < -0.3 is 10.1 Å². The molecule has 0 atom stereocenters. The molecule has 0 amide bonds. The van der Waals surface area contributed by atoms with E-state index in [0.29, 0.717) is 11.6 Å². The largest absolute Gasteiger partial charge is 0.437 e. The summed E-state index contributed by atoms with van der Waals surface area (Å²) < 4.78 is 5.73. The van der Waals surface area contributed by atoms with Crippen molar-refractivity contribution in [1.29, 1.82) is 0 Å². The molecule has 0 bridgehead atoms. The van der Waals surface area contributed by atoms with Gasteiger partial charge in [0.15, 0.2) is 0 Å². The van der Waals surface area contributed by atoms with Crippen LogP contribution in [0.5, 0.6) is 11.6 Å². The average Bonchev–Trinajstić information content (AvgIpc) is 2.41. The Balaban J connectivity index is 2.30. The van der Waals surface area contributed by atoms with Crippen molar-refractivity contribution in [2.45, 2.75) is 20.3 Å². The van der Waals surface area contributed by atoms with Gasteiger partial charge >= 0.3 is 0 Å². The quantitative estimate of drug-likeness (QED) is 0.876. The van der Waals surface area contributed by atoms with Crippen molar-refractivity contribution in [3.05, 3.63) is 36.4 Å². The van der Waals surface area contributed by atoms with Crippen LogP contribution in [0.15, 0.2) is 30.9 Å². The van der Waals surface area contributed by atoms with E-state index in [1.807, 2.05) is 19.1 Å². The van der Waals surface area contributed by atoms with Crippen molar-refractivity contribution in [2.75, 3.05) is 11.9 Å². The van der Waals surface area contributed by atoms with Crippen LogP contribution >= 0.6 is 0 Å². The smallest absolute Gasteiger partial charge is 0.227 e. The van der Waals surface area contributed by atoms with Crippen molar-refractivity contribution < 1.29 is 4.74 Å². The lowest BCUT2D eigenvalue weighted by molar-refractivity contribution is 0.453. The maximum Gasteiger partial charge on any atom is 0.227 e. The molecule has 1 N–H and O–H groups in total. The summed E-state index contributed by atoms with van der Waals surface area (Å²) in [6.07, 6.45) is 5.67. The minimum Gasteiger partial charge on any atom is -0.437 e. The highest BCUT2D eigenvalue weighted by atomic mass is 16.5. The molecule has 0 fully saturated rings. The highest BCUT2D eigenvalue weighted by Crippen LogP contribution is 2.26. The SMILES string of the molecule is CCNc1ncnc(Oc2cccnc2)c1CC. The Morgan fingerprint density at radius 3 is 2.83 bits per heavy atom. The second kappa shape index (κ2) is 5.95. The number of hydrogen-bond acceptors (Lipinski definition) is 5. The summed E-state index contributed by atoms with van der Waals surface area (Å²) in [5.74, 6) is 2.08. The van der Waals surface area contributed by atoms with E-state index < -0.39 is 0 Å². The highest BCUT2D eigenvalue weighted by molar-refractivity contribution is 5.49. The van der Waals surface area contributed by atoms with Crippen LogP contribution in [0.1, 0.15) is 19.4 Å². The average molecular weight is 244 g/mol. The lowest BCUT2D eigenvalue weighted by Crippen LogP contribution is -2.05. The van der Waals surface area contributed by atoms with Gasteiger partial charge in [-0.15, -0.1) is 0 Å². The molecule has 5 heteroatoms. The second-order valence-electron chi connectivity index (χ2n) is 3.68. The molecular formula is C13H16N4O. The van der Waals surface area contributed by atoms with E-state index in [4.69, 9.17) is 4.74 Å². The Bertz CT molecular complexity index is 502. The van der Waals surface area contributed by atoms with E-state index >= 15 is 0 Å². The fourth-order valence-electron chi connectivity index (χ4n) is 1.64. The van der Waals surface area contributed by atoms with Crippen LogP contribution in [0, 0.1) is 0 Å². The van der Waals surface area contributed by atoms with Gasteiger partial charge in [-0.1, -0.05) is 6.92 Å². The summed E-state index contributed by atoms with van der Waals surface area (Å²) >= 11 is 0. The summed E-state index contributed by atoms with van der Waals surface area (Å²) in [5.41, 5.74) is 0.975. The van der Waals surface area contributed by atoms with Gasteiger partial charge in [0.1, 0.15) is 17.9 Å². The molecule has 0 aliphatic carbocycles. The number of nitrogens with one attached hydrogen (secondary N) is 1. The summed E-state index contributed by atoms with van der Waals surface area (Å²) in [6.45, 7) is 4.90. The number of aromatic nitrogens is 3. The van der Waals surface area contributed by atoms with E-state index in [0.717, 1.165) is 24.3 Å². The summed E-state index contributed by atoms with van der Waals surface area (Å²) in [4.78, 5) is 12.4. The molecule has 0 spiro atoms. The predicted molar refractivity (Wildman–Crippen MR) is 69.9 cm³/mol. The first-order chi connectivity index (χ1) is 8.85. The number of anilines is 1. The number of nitrogens with zero attached hydrogens (tertiary/aromatic N) is 3. The van der Waals surface area contributed by atoms with Gasteiger partial charge in [-0.05, 0) is 25.5 Å². The van der Waals surface area contributed by atoms with Crippen molar-refractivity contribution >= 4 is 5.82 Å². The van der Waals surface area contributed by atoms with Crippen molar-refractivity contribution in [1.82, 2.24) is 15.0 Å². The van der Waals surface area contributed by atoms with E-state index in [1.54, 1.807) is 12.4 Å². The van der Waals surface area contributed by atoms with Gasteiger partial charge in [-0.3, -0.25) is 4.98 Å². The Hall–Kier alpha value is -2.17. The van der Waals surface area contributed by atoms with Gasteiger partial charge in [-0.25, -0.2) is 9.97 Å². The minimum atomic E-state index is 0.580. The molecule has 2 rings (SSSR count). The van der Waals surface area contributed by atoms with Crippen LogP contribution in [-0.4, -0.2) is 21.5 Å². The van der Waals surface area contributed by atoms with Crippen LogP contribution in [0.3, 0.4) is 0 Å². The zero-order chi connectivity index (χ0) is 12.8. The van der Waals surface area contributed by atoms with Crippen LogP contribution in [0.2, 0.25) is 0 Å². The molecule has 0 saturated heterocycles. The molecule has 0 aliphatic heterocycles. The highest BCUT2D eigenvalue weighted by Gasteiger charge is 2.11. The van der Waals surface area contributed by atoms with Gasteiger partial charge in [0.25, 0.3) is 0 Å². The molecule has 2 aromatic heterocycles. The molecule has 0 saturated carbocycles. The van der Waals surface area contributed by atoms with Crippen molar-refractivity contribution in [2.24, 2.45) is 0 Å². The Kier molecular flexibility index (Phi) is 4.06. The second-order valence-corrected chi connectivity index (χ2v) is 3.68. The summed E-state index contributed by atoms with van der Waals surface area (Å²) in [7, 11) is 0. The van der Waals surface area contributed by atoms with E-state index in [2.05, 4.69) is 27.2 Å². The summed E-state index contributed by atoms with van der Waals surface area (Å²) in [5, 5.41) is 3.21. The molecule has 0 radical (unpaired) electrons. The predicted octanol–water partition coefficient (Wildman–Crippen LogP) is 2.66. The first-order valence-electron chi connectivity index (χ1n) is 6.00. The van der Waals surface area contributed by atoms with E-state index in [1.165, 1.54) is 6.33 Å². The summed E-state index contributed by atoms with van der Waals surface area (Å²) in [6, 6.07) is 3.68. The molecule has 0 aliphatic rings. The topological polar surface area (TPSA) is 59.9 Å². The number of pyridine rings is 1. The van der Waals surface area contributed by atoms with Crippen LogP contribution in [0.4, 0.5) is 5.82 Å². The lowest BCUT2D eigenvalue weighted by Gasteiger charge is -2.12. The molecule has 5 nitrogen and oxygen atoms in total. The van der Waals surface area contributed by atoms with Gasteiger partial charge in [0, 0.05) is 12.7 Å². The zero-order valence-electron chi connectivity index (χ0n) is 10.6. The Labute approximate surface area is 106 Å². The molecule has 18 heavy (non-hydrogen) atoms. The van der Waals surface area contributed by atoms with Gasteiger partial charge in [0.2, 0.25) is 5.88 Å². The Morgan fingerprint density at radius 1 is 1.28 bits per heavy atom. The third-order valence-corrected chi connectivity index (χ3v) is 2.45. The molecule has 2 heterocycles. The fourth-order valence-corrected chi connectivity index (χ4v) is 1.64. The normalized spacial score (nSPS) is 10.1. The Morgan fingerprint density at radius 2 is 2.17 bits per heavy atom. The lowest BCUT2D eigenvalue weighted by atomic mass is 10.2. The van der Waals surface area contributed by atoms with Crippen LogP contribution < -0.4 is 10.1 Å². The number of hydrogen-bond donors (Lipinski definition) is 1. The first kappa shape index (κ1) is 12.3. The van der Waals surface area contributed by atoms with Gasteiger partial charge in [0.05, 0.1) is 11.8 Å². The number of ether oxygens (including phenoxy) is 1. The maximum atomic E-state index is 5.73. The van der Waals surface area contributed by atoms with Crippen molar-refractivity contribution in [3.63, 3.8) is 0 Å². The molecule has 0 aromatic carbocycles. The third-order valence-electron chi connectivity index (χ3n) is 2.45. The van der Waals surface area contributed by atoms with Crippen LogP contribution in [-0.2, 0) is 6.42 Å². The molecule has 2 aromatic rings. The third kappa shape index (κ3) is 2.74. The fraction of sp³-hybridized carbons (Fsp3) is 0.308. The monoisotopic (exact) mass is 244 g/mol. The van der Waals surface area contributed by atoms with E-state index in [-0.39, 0.29) is 0 Å². The standard InChI is InChI=1S/C13H16N4O/c1-3-11-12(15-4-2)16-9-17-13(11)18-10-6-5-7-14-8-10/h5-9H,3-4H2,1-2H3,(H,15,16,17). The van der Waals surface area contributed by atoms with E-state index in [9.17, 15) is 0 Å². The maximum absolute atomic E-state index is 5.73. The number of rotatable bonds is 5. The minimum absolute atomic E-state index is 0.580. The van der Waals surface area contributed by atoms with Gasteiger partial charge in [-0.2, -0.15) is 0 Å². The first-order valence-corrected chi connectivity index (χ1v) is 6.00. The molecule has 0 unspecified atom stereocenters. The molecule has 94 valence electrons.